The number of aromatic nitrogens is 4. The zero-order valence-corrected chi connectivity index (χ0v) is 21.1. The first kappa shape index (κ1) is 21.6. The van der Waals surface area contributed by atoms with Gasteiger partial charge in [0, 0.05) is 35.6 Å². The van der Waals surface area contributed by atoms with Crippen LogP contribution in [0.25, 0.3) is 20.4 Å². The van der Waals surface area contributed by atoms with Crippen molar-refractivity contribution in [3.05, 3.63) is 35.0 Å². The molecule has 2 aliphatic heterocycles. The molecule has 5 heterocycles. The van der Waals surface area contributed by atoms with Crippen LogP contribution in [0, 0.1) is 5.92 Å². The van der Waals surface area contributed by atoms with Gasteiger partial charge in [0.05, 0.1) is 10.1 Å². The van der Waals surface area contributed by atoms with E-state index in [-0.39, 0.29) is 5.92 Å². The molecule has 1 amide bonds. The Labute approximate surface area is 211 Å². The van der Waals surface area contributed by atoms with Gasteiger partial charge < -0.3 is 10.2 Å². The second kappa shape index (κ2) is 8.76. The molecule has 3 aromatic heterocycles. The van der Waals surface area contributed by atoms with Crippen LogP contribution in [-0.2, 0) is 17.6 Å². The molecule has 1 aliphatic carbocycles. The fraction of sp³-hybridized carbons (Fsp3) is 0.480. The number of nitrogens with one attached hydrogen (secondary N) is 1. The second-order valence-electron chi connectivity index (χ2n) is 9.92. The van der Waals surface area contributed by atoms with Crippen molar-refractivity contribution < 1.29 is 4.79 Å². The Hall–Kier alpha value is -2.69. The van der Waals surface area contributed by atoms with Crippen LogP contribution in [-0.4, -0.2) is 67.5 Å². The van der Waals surface area contributed by atoms with E-state index < -0.39 is 0 Å². The number of anilines is 2. The zero-order valence-electron chi connectivity index (χ0n) is 19.4. The van der Waals surface area contributed by atoms with Crippen molar-refractivity contribution in [3.8, 4) is 0 Å². The van der Waals surface area contributed by atoms with Crippen LogP contribution in [0.3, 0.4) is 0 Å². The Morgan fingerprint density at radius 3 is 2.89 bits per heavy atom. The number of carbonyl (C=O) groups excluding carboxylic acids is 1. The summed E-state index contributed by atoms with van der Waals surface area (Å²) in [6, 6.07) is 6.62. The summed E-state index contributed by atoms with van der Waals surface area (Å²) in [5.41, 5.74) is 3.18. The van der Waals surface area contributed by atoms with E-state index in [9.17, 15) is 4.79 Å². The van der Waals surface area contributed by atoms with Crippen molar-refractivity contribution in [3.63, 3.8) is 0 Å². The number of amides is 1. The number of rotatable bonds is 4. The van der Waals surface area contributed by atoms with E-state index >= 15 is 0 Å². The standard InChI is InChI=1S/C25H27N7OS2/c33-25(32-12-17(13-32)31-8-2-1-3-9-31)15-4-6-18-20(10-15)34-24-22(18)23(26-14-27-24)28-16-5-7-19-21(11-16)35-30-29-19/h5,7,11,14-15,17H,1-4,6,8-10,12-13H2,(H,26,27,28)/t15-/m0/s1. The van der Waals surface area contributed by atoms with Gasteiger partial charge in [-0.15, -0.1) is 16.4 Å². The lowest BCUT2D eigenvalue weighted by Crippen LogP contribution is -2.63. The highest BCUT2D eigenvalue weighted by Gasteiger charge is 2.39. The highest BCUT2D eigenvalue weighted by atomic mass is 32.1. The van der Waals surface area contributed by atoms with Gasteiger partial charge in [0.1, 0.15) is 22.5 Å². The summed E-state index contributed by atoms with van der Waals surface area (Å²) in [4.78, 5) is 29.4. The molecule has 8 nitrogen and oxygen atoms in total. The number of hydrogen-bond acceptors (Lipinski definition) is 9. The maximum absolute atomic E-state index is 13.3. The average molecular weight is 506 g/mol. The Morgan fingerprint density at radius 2 is 2.00 bits per heavy atom. The summed E-state index contributed by atoms with van der Waals surface area (Å²) in [7, 11) is 0. The molecule has 2 saturated heterocycles. The Kier molecular flexibility index (Phi) is 5.40. The molecular weight excluding hydrogens is 478 g/mol. The van der Waals surface area contributed by atoms with Crippen LogP contribution in [0.15, 0.2) is 24.5 Å². The summed E-state index contributed by atoms with van der Waals surface area (Å²) in [5, 5.41) is 8.73. The fourth-order valence-corrected chi connectivity index (χ4v) is 7.68. The Morgan fingerprint density at radius 1 is 1.11 bits per heavy atom. The molecular formula is C25H27N7OS2. The van der Waals surface area contributed by atoms with Gasteiger partial charge in [-0.25, -0.2) is 9.97 Å². The summed E-state index contributed by atoms with van der Waals surface area (Å²) in [6.45, 7) is 4.23. The van der Waals surface area contributed by atoms with Crippen LogP contribution in [0.4, 0.5) is 11.5 Å². The highest BCUT2D eigenvalue weighted by molar-refractivity contribution is 7.19. The van der Waals surface area contributed by atoms with Gasteiger partial charge >= 0.3 is 0 Å². The van der Waals surface area contributed by atoms with E-state index in [1.807, 2.05) is 12.1 Å². The van der Waals surface area contributed by atoms with Gasteiger partial charge in [-0.05, 0) is 80.5 Å². The van der Waals surface area contributed by atoms with Crippen molar-refractivity contribution in [1.29, 1.82) is 0 Å². The predicted molar refractivity (Wildman–Crippen MR) is 139 cm³/mol. The number of likely N-dealkylation sites (tertiary alicyclic amines) is 2. The molecule has 10 heteroatoms. The summed E-state index contributed by atoms with van der Waals surface area (Å²) in [6.07, 6.45) is 8.20. The lowest BCUT2D eigenvalue weighted by molar-refractivity contribution is -0.143. The minimum atomic E-state index is 0.0865. The molecule has 0 unspecified atom stereocenters. The third-order valence-electron chi connectivity index (χ3n) is 7.79. The van der Waals surface area contributed by atoms with Gasteiger partial charge in [-0.2, -0.15) is 0 Å². The van der Waals surface area contributed by atoms with Gasteiger partial charge in [-0.1, -0.05) is 10.9 Å². The van der Waals surface area contributed by atoms with Crippen molar-refractivity contribution in [2.24, 2.45) is 5.92 Å². The van der Waals surface area contributed by atoms with E-state index in [2.05, 4.69) is 40.7 Å². The monoisotopic (exact) mass is 505 g/mol. The SMILES string of the molecule is O=C([C@H]1CCc2c(sc3ncnc(Nc4ccc5nnsc5c4)c23)C1)N1CC(N2CCCCC2)C1. The lowest BCUT2D eigenvalue weighted by Gasteiger charge is -2.47. The highest BCUT2D eigenvalue weighted by Crippen LogP contribution is 2.41. The molecule has 1 aromatic carbocycles. The molecule has 0 radical (unpaired) electrons. The van der Waals surface area contributed by atoms with Crippen LogP contribution in [0.1, 0.15) is 36.1 Å². The normalized spacial score (nSPS) is 21.3. The van der Waals surface area contributed by atoms with Crippen molar-refractivity contribution in [2.45, 2.75) is 44.6 Å². The summed E-state index contributed by atoms with van der Waals surface area (Å²) >= 11 is 3.11. The minimum absolute atomic E-state index is 0.0865. The zero-order chi connectivity index (χ0) is 23.4. The molecule has 3 aliphatic rings. The molecule has 1 atom stereocenters. The average Bonchev–Trinajstić information content (AvgIpc) is 3.47. The number of benzene rings is 1. The molecule has 0 bridgehead atoms. The molecule has 2 fully saturated rings. The number of hydrogen-bond donors (Lipinski definition) is 1. The number of piperidine rings is 1. The van der Waals surface area contributed by atoms with Gasteiger partial charge in [0.25, 0.3) is 0 Å². The fourth-order valence-electron chi connectivity index (χ4n) is 5.82. The molecule has 7 rings (SSSR count). The molecule has 35 heavy (non-hydrogen) atoms. The van der Waals surface area contributed by atoms with Crippen LogP contribution < -0.4 is 5.32 Å². The molecule has 0 spiro atoms. The topological polar surface area (TPSA) is 87.1 Å². The lowest BCUT2D eigenvalue weighted by atomic mass is 9.86. The van der Waals surface area contributed by atoms with E-state index in [4.69, 9.17) is 0 Å². The first-order valence-corrected chi connectivity index (χ1v) is 14.1. The second-order valence-corrected chi connectivity index (χ2v) is 11.8. The molecule has 4 aromatic rings. The van der Waals surface area contributed by atoms with E-state index in [0.29, 0.717) is 11.9 Å². The molecule has 180 valence electrons. The van der Waals surface area contributed by atoms with Crippen LogP contribution in [0.5, 0.6) is 0 Å². The first-order chi connectivity index (χ1) is 17.2. The maximum atomic E-state index is 13.3. The van der Waals surface area contributed by atoms with Crippen LogP contribution >= 0.6 is 22.9 Å². The third-order valence-corrected chi connectivity index (χ3v) is 9.64. The van der Waals surface area contributed by atoms with E-state index in [0.717, 1.165) is 64.3 Å². The number of fused-ring (bicyclic) bond motifs is 4. The number of nitrogens with zero attached hydrogens (tertiary/aromatic N) is 6. The van der Waals surface area contributed by atoms with Gasteiger partial charge in [-0.3, -0.25) is 9.69 Å². The molecule has 0 saturated carbocycles. The predicted octanol–water partition coefficient (Wildman–Crippen LogP) is 4.24. The van der Waals surface area contributed by atoms with E-state index in [1.54, 1.807) is 17.7 Å². The quantitative estimate of drug-likeness (QED) is 0.444. The summed E-state index contributed by atoms with van der Waals surface area (Å²) < 4.78 is 5.07. The Balaban J connectivity index is 1.08. The number of thiophene rings is 1. The smallest absolute Gasteiger partial charge is 0.226 e. The van der Waals surface area contributed by atoms with Crippen LogP contribution in [0.2, 0.25) is 0 Å². The maximum Gasteiger partial charge on any atom is 0.226 e. The number of carbonyl (C=O) groups is 1. The van der Waals surface area contributed by atoms with Crippen molar-refractivity contribution in [1.82, 2.24) is 29.4 Å². The van der Waals surface area contributed by atoms with Crippen molar-refractivity contribution in [2.75, 3.05) is 31.5 Å². The first-order valence-electron chi connectivity index (χ1n) is 12.5. The van der Waals surface area contributed by atoms with Crippen molar-refractivity contribution >= 4 is 60.7 Å². The molecule has 1 N–H and O–H groups in total. The van der Waals surface area contributed by atoms with Gasteiger partial charge in [0.15, 0.2) is 0 Å². The largest absolute Gasteiger partial charge is 0.340 e. The minimum Gasteiger partial charge on any atom is -0.340 e. The summed E-state index contributed by atoms with van der Waals surface area (Å²) in [5.74, 6) is 1.27. The van der Waals surface area contributed by atoms with E-state index in [1.165, 1.54) is 54.3 Å². The Bertz CT molecular complexity index is 1400. The number of aryl methyl sites for hydroxylation is 1. The third kappa shape index (κ3) is 3.88. The van der Waals surface area contributed by atoms with Gasteiger partial charge in [0.2, 0.25) is 5.91 Å².